The fourth-order valence-electron chi connectivity index (χ4n) is 2.04. The van der Waals surface area contributed by atoms with Gasteiger partial charge in [0.25, 0.3) is 0 Å². The van der Waals surface area contributed by atoms with Crippen LogP contribution in [-0.2, 0) is 21.4 Å². The second-order valence-electron chi connectivity index (χ2n) is 4.50. The van der Waals surface area contributed by atoms with E-state index in [4.69, 9.17) is 10.9 Å². The number of halogens is 1. The molecule has 1 unspecified atom stereocenters. The molecule has 1 aliphatic heterocycles. The summed E-state index contributed by atoms with van der Waals surface area (Å²) in [4.78, 5) is 13.0. The number of carbonyl (C=O) groups excluding carboxylic acids is 1. The Kier molecular flexibility index (Phi) is 3.46. The van der Waals surface area contributed by atoms with Crippen molar-refractivity contribution in [1.29, 1.82) is 0 Å². The molecular formula is C11H14FN3O3S. The molecule has 2 rings (SSSR count). The smallest absolute Gasteiger partial charge is 0.224 e. The molecule has 0 spiro atoms. The quantitative estimate of drug-likeness (QED) is 0.750. The number of sulfonamides is 1. The Morgan fingerprint density at radius 3 is 2.63 bits per heavy atom. The Morgan fingerprint density at radius 1 is 1.42 bits per heavy atom. The highest BCUT2D eigenvalue weighted by atomic mass is 32.2. The fourth-order valence-corrected chi connectivity index (χ4v) is 2.80. The number of nitrogens with zero attached hydrogens (tertiary/aromatic N) is 1. The molecule has 1 amide bonds. The van der Waals surface area contributed by atoms with Crippen LogP contribution in [0.15, 0.2) is 18.2 Å². The van der Waals surface area contributed by atoms with Gasteiger partial charge in [0.05, 0.1) is 6.54 Å². The lowest BCUT2D eigenvalue weighted by atomic mass is 10.1. The summed E-state index contributed by atoms with van der Waals surface area (Å²) in [6, 6.07) is 4.23. The summed E-state index contributed by atoms with van der Waals surface area (Å²) in [5, 5.41) is 4.08. The SMILES string of the molecule is Nc1cccc(F)c1CN1CC(S(N)(=O)=O)CC1=O. The number of hydrogen-bond acceptors (Lipinski definition) is 4. The molecule has 104 valence electrons. The molecule has 4 N–H and O–H groups in total. The first-order valence-corrected chi connectivity index (χ1v) is 7.22. The molecule has 1 heterocycles. The van der Waals surface area contributed by atoms with Gasteiger partial charge in [0.15, 0.2) is 0 Å². The van der Waals surface area contributed by atoms with Crippen LogP contribution in [-0.4, -0.2) is 31.0 Å². The van der Waals surface area contributed by atoms with Gasteiger partial charge in [0.2, 0.25) is 15.9 Å². The second-order valence-corrected chi connectivity index (χ2v) is 6.34. The highest BCUT2D eigenvalue weighted by Crippen LogP contribution is 2.23. The number of primary sulfonamides is 1. The molecule has 1 aromatic carbocycles. The average molecular weight is 287 g/mol. The summed E-state index contributed by atoms with van der Waals surface area (Å²) in [6.07, 6.45) is -0.173. The number of nitrogens with two attached hydrogens (primary N) is 2. The van der Waals surface area contributed by atoms with Crippen molar-refractivity contribution in [3.05, 3.63) is 29.6 Å². The third-order valence-corrected chi connectivity index (χ3v) is 4.39. The second kappa shape index (κ2) is 4.78. The van der Waals surface area contributed by atoms with Gasteiger partial charge < -0.3 is 10.6 Å². The predicted octanol–water partition coefficient (Wildman–Crippen LogP) is -0.203. The van der Waals surface area contributed by atoms with Crippen molar-refractivity contribution in [2.75, 3.05) is 12.3 Å². The maximum atomic E-state index is 13.6. The van der Waals surface area contributed by atoms with Crippen molar-refractivity contribution in [2.45, 2.75) is 18.2 Å². The van der Waals surface area contributed by atoms with Crippen molar-refractivity contribution >= 4 is 21.6 Å². The van der Waals surface area contributed by atoms with E-state index < -0.39 is 21.1 Å². The van der Waals surface area contributed by atoms with Gasteiger partial charge in [-0.25, -0.2) is 17.9 Å². The Hall–Kier alpha value is -1.67. The number of rotatable bonds is 3. The molecule has 1 aromatic rings. The first-order chi connectivity index (χ1) is 8.79. The van der Waals surface area contributed by atoms with Gasteiger partial charge in [0, 0.05) is 24.2 Å². The summed E-state index contributed by atoms with van der Waals surface area (Å²) >= 11 is 0. The minimum absolute atomic E-state index is 0.0363. The summed E-state index contributed by atoms with van der Waals surface area (Å²) < 4.78 is 36.0. The number of carbonyl (C=O) groups is 1. The summed E-state index contributed by atoms with van der Waals surface area (Å²) in [6.45, 7) is -0.0885. The zero-order chi connectivity index (χ0) is 14.2. The highest BCUT2D eigenvalue weighted by Gasteiger charge is 2.36. The number of likely N-dealkylation sites (tertiary alicyclic amines) is 1. The van der Waals surface area contributed by atoms with Crippen molar-refractivity contribution in [1.82, 2.24) is 4.90 Å². The standard InChI is InChI=1S/C11H14FN3O3S/c12-9-2-1-3-10(13)8(9)6-15-5-7(4-11(15)16)19(14,17)18/h1-3,7H,4-6,13H2,(H2,14,17,18). The molecule has 1 saturated heterocycles. The van der Waals surface area contributed by atoms with Crippen molar-refractivity contribution < 1.29 is 17.6 Å². The lowest BCUT2D eigenvalue weighted by molar-refractivity contribution is -0.128. The van der Waals surface area contributed by atoms with Crippen LogP contribution < -0.4 is 10.9 Å². The Labute approximate surface area is 110 Å². The van der Waals surface area contributed by atoms with Crippen LogP contribution >= 0.6 is 0 Å². The van der Waals surface area contributed by atoms with Crippen LogP contribution in [0.25, 0.3) is 0 Å². The molecule has 0 radical (unpaired) electrons. The summed E-state index contributed by atoms with van der Waals surface area (Å²) in [7, 11) is -3.77. The van der Waals surface area contributed by atoms with E-state index in [1.54, 1.807) is 0 Å². The predicted molar refractivity (Wildman–Crippen MR) is 67.7 cm³/mol. The Morgan fingerprint density at radius 2 is 2.11 bits per heavy atom. The topological polar surface area (TPSA) is 106 Å². The van der Waals surface area contributed by atoms with Crippen LogP contribution in [0.3, 0.4) is 0 Å². The largest absolute Gasteiger partial charge is 0.398 e. The Bertz CT molecular complexity index is 597. The van der Waals surface area contributed by atoms with Crippen molar-refractivity contribution in [2.24, 2.45) is 5.14 Å². The van der Waals surface area contributed by atoms with E-state index in [9.17, 15) is 17.6 Å². The van der Waals surface area contributed by atoms with Crippen LogP contribution in [0.2, 0.25) is 0 Å². The molecule has 0 bridgehead atoms. The lowest BCUT2D eigenvalue weighted by Crippen LogP contribution is -2.32. The number of nitrogen functional groups attached to an aromatic ring is 1. The zero-order valence-electron chi connectivity index (χ0n) is 10.0. The van der Waals surface area contributed by atoms with E-state index in [1.807, 2.05) is 0 Å². The van der Waals surface area contributed by atoms with Gasteiger partial charge in [-0.3, -0.25) is 4.79 Å². The summed E-state index contributed by atoms with van der Waals surface area (Å²) in [5.74, 6) is -0.895. The van der Waals surface area contributed by atoms with Gasteiger partial charge in [0.1, 0.15) is 11.1 Å². The number of amides is 1. The minimum Gasteiger partial charge on any atom is -0.398 e. The minimum atomic E-state index is -3.77. The number of benzene rings is 1. The molecule has 0 saturated carbocycles. The van der Waals surface area contributed by atoms with Gasteiger partial charge >= 0.3 is 0 Å². The average Bonchev–Trinajstić information content (AvgIpc) is 2.65. The summed E-state index contributed by atoms with van der Waals surface area (Å²) in [5.41, 5.74) is 6.06. The van der Waals surface area contributed by atoms with Crippen molar-refractivity contribution in [3.63, 3.8) is 0 Å². The van der Waals surface area contributed by atoms with E-state index in [0.29, 0.717) is 0 Å². The van der Waals surface area contributed by atoms with Crippen LogP contribution in [0.4, 0.5) is 10.1 Å². The molecule has 1 aliphatic rings. The Balaban J connectivity index is 2.19. The third kappa shape index (κ3) is 2.85. The van der Waals surface area contributed by atoms with E-state index in [2.05, 4.69) is 0 Å². The van der Waals surface area contributed by atoms with Gasteiger partial charge in [-0.1, -0.05) is 6.07 Å². The third-order valence-electron chi connectivity index (χ3n) is 3.15. The number of anilines is 1. The molecule has 0 aliphatic carbocycles. The zero-order valence-corrected chi connectivity index (χ0v) is 10.9. The molecule has 19 heavy (non-hydrogen) atoms. The first kappa shape index (κ1) is 13.8. The van der Waals surface area contributed by atoms with Crippen molar-refractivity contribution in [3.8, 4) is 0 Å². The molecule has 1 fully saturated rings. The maximum absolute atomic E-state index is 13.6. The van der Waals surface area contributed by atoms with E-state index in [1.165, 1.54) is 23.1 Å². The van der Waals surface area contributed by atoms with Crippen LogP contribution in [0.5, 0.6) is 0 Å². The van der Waals surface area contributed by atoms with Gasteiger partial charge in [-0.05, 0) is 12.1 Å². The highest BCUT2D eigenvalue weighted by molar-refractivity contribution is 7.89. The molecular weight excluding hydrogens is 273 g/mol. The maximum Gasteiger partial charge on any atom is 0.224 e. The van der Waals surface area contributed by atoms with Crippen LogP contribution in [0, 0.1) is 5.82 Å². The number of hydrogen-bond donors (Lipinski definition) is 2. The monoisotopic (exact) mass is 287 g/mol. The molecule has 6 nitrogen and oxygen atoms in total. The normalized spacial score (nSPS) is 20.0. The van der Waals surface area contributed by atoms with E-state index >= 15 is 0 Å². The molecule has 0 aromatic heterocycles. The lowest BCUT2D eigenvalue weighted by Gasteiger charge is -2.17. The van der Waals surface area contributed by atoms with Gasteiger partial charge in [-0.15, -0.1) is 0 Å². The van der Waals surface area contributed by atoms with E-state index in [0.717, 1.165) is 0 Å². The molecule has 8 heteroatoms. The molecule has 1 atom stereocenters. The fraction of sp³-hybridized carbons (Fsp3) is 0.364. The van der Waals surface area contributed by atoms with E-state index in [-0.39, 0.29) is 36.7 Å². The first-order valence-electron chi connectivity index (χ1n) is 5.61. The van der Waals surface area contributed by atoms with Crippen LogP contribution in [0.1, 0.15) is 12.0 Å². The van der Waals surface area contributed by atoms with Gasteiger partial charge in [-0.2, -0.15) is 0 Å².